The Hall–Kier alpha value is -2.60. The van der Waals surface area contributed by atoms with Crippen molar-refractivity contribution in [2.24, 2.45) is 17.8 Å². The van der Waals surface area contributed by atoms with Gasteiger partial charge < -0.3 is 30.6 Å². The van der Waals surface area contributed by atoms with Crippen molar-refractivity contribution in [1.29, 1.82) is 0 Å². The summed E-state index contributed by atoms with van der Waals surface area (Å²) in [4.78, 5) is 64.3. The summed E-state index contributed by atoms with van der Waals surface area (Å²) in [6.45, 7) is 6.42. The lowest BCUT2D eigenvalue weighted by atomic mass is 9.78. The van der Waals surface area contributed by atoms with E-state index in [0.29, 0.717) is 43.8 Å². The molecule has 3 amide bonds. The molecule has 0 aromatic heterocycles. The molecule has 0 aromatic rings. The molecule has 3 fully saturated rings. The Kier molecular flexibility index (Phi) is 7.14. The van der Waals surface area contributed by atoms with Gasteiger partial charge in [0, 0.05) is 48.7 Å². The smallest absolute Gasteiger partial charge is 0.353 e. The lowest BCUT2D eigenvalue weighted by Crippen LogP contribution is -2.66. The number of hydrogen-bond acceptors (Lipinski definition) is 7. The van der Waals surface area contributed by atoms with Crippen molar-refractivity contribution in [3.8, 4) is 0 Å². The van der Waals surface area contributed by atoms with E-state index >= 15 is 0 Å². The number of carboxylic acids is 2. The number of rotatable bonds is 7. The van der Waals surface area contributed by atoms with Gasteiger partial charge in [-0.1, -0.05) is 6.92 Å². The van der Waals surface area contributed by atoms with Gasteiger partial charge in [-0.3, -0.25) is 19.2 Å². The van der Waals surface area contributed by atoms with Gasteiger partial charge in [-0.2, -0.15) is 0 Å². The summed E-state index contributed by atoms with van der Waals surface area (Å²) in [5.74, 6) is -3.64. The summed E-state index contributed by atoms with van der Waals surface area (Å²) >= 11 is 1.42. The summed E-state index contributed by atoms with van der Waals surface area (Å²) in [7, 11) is 0. The van der Waals surface area contributed by atoms with Crippen molar-refractivity contribution in [3.63, 3.8) is 0 Å². The average Bonchev–Trinajstić information content (AvgIpc) is 3.35. The van der Waals surface area contributed by atoms with Crippen molar-refractivity contribution >= 4 is 41.4 Å². The first-order valence-electron chi connectivity index (χ1n) is 12.0. The minimum absolute atomic E-state index is 0.00861. The number of aliphatic carboxylic acids is 2. The average molecular weight is 509 g/mol. The maximum atomic E-state index is 13.0. The topological polar surface area (TPSA) is 156 Å². The van der Waals surface area contributed by atoms with E-state index in [0.717, 1.165) is 0 Å². The summed E-state index contributed by atoms with van der Waals surface area (Å²) in [5, 5.41) is 25.0. The third-order valence-electron chi connectivity index (χ3n) is 7.60. The van der Waals surface area contributed by atoms with Gasteiger partial charge in [0.05, 0.1) is 23.9 Å². The van der Waals surface area contributed by atoms with Crippen LogP contribution in [0.1, 0.15) is 40.0 Å². The van der Waals surface area contributed by atoms with Crippen LogP contribution in [-0.4, -0.2) is 92.7 Å². The van der Waals surface area contributed by atoms with E-state index in [1.807, 2.05) is 6.92 Å². The fraction of sp³-hybridized carbons (Fsp3) is 0.696. The van der Waals surface area contributed by atoms with Crippen molar-refractivity contribution in [2.75, 3.05) is 19.6 Å². The van der Waals surface area contributed by atoms with Gasteiger partial charge in [-0.15, -0.1) is 11.8 Å². The fourth-order valence-corrected chi connectivity index (χ4v) is 7.31. The second-order valence-electron chi connectivity index (χ2n) is 9.89. The fourth-order valence-electron chi connectivity index (χ4n) is 5.83. The Morgan fingerprint density at radius 1 is 1.17 bits per heavy atom. The van der Waals surface area contributed by atoms with Crippen LogP contribution in [0, 0.1) is 17.8 Å². The SMILES string of the molecule is CC(=O)N[C@H](C)[C@H]1C(=O)N2C(C(=O)O)=C(S[C@@H]3CN[C@H](C(=O)N4CCC(C(=O)O)CC4)C3)[C@H](C)[C@H]12. The Morgan fingerprint density at radius 3 is 2.40 bits per heavy atom. The lowest BCUT2D eigenvalue weighted by molar-refractivity contribution is -0.158. The van der Waals surface area contributed by atoms with Crippen LogP contribution in [0.25, 0.3) is 0 Å². The van der Waals surface area contributed by atoms with Gasteiger partial charge in [0.1, 0.15) is 5.70 Å². The number of hydrogen-bond donors (Lipinski definition) is 4. The molecule has 0 aliphatic carbocycles. The number of β-lactam (4-membered cyclic amide) rings is 1. The molecule has 4 rings (SSSR count). The Labute approximate surface area is 207 Å². The molecule has 0 saturated carbocycles. The van der Waals surface area contributed by atoms with Crippen LogP contribution in [0.2, 0.25) is 0 Å². The van der Waals surface area contributed by atoms with Gasteiger partial charge in [0.2, 0.25) is 17.7 Å². The molecule has 0 bridgehead atoms. The number of carbonyl (C=O) groups is 5. The van der Waals surface area contributed by atoms with E-state index in [-0.39, 0.29) is 40.6 Å². The van der Waals surface area contributed by atoms with Crippen LogP contribution in [0.15, 0.2) is 10.6 Å². The number of piperidine rings is 1. The van der Waals surface area contributed by atoms with E-state index in [4.69, 9.17) is 5.11 Å². The van der Waals surface area contributed by atoms with E-state index in [1.54, 1.807) is 11.8 Å². The van der Waals surface area contributed by atoms with Crippen molar-refractivity contribution < 1.29 is 34.2 Å². The highest BCUT2D eigenvalue weighted by Crippen LogP contribution is 2.51. The molecule has 0 radical (unpaired) electrons. The molecule has 11 nitrogen and oxygen atoms in total. The minimum Gasteiger partial charge on any atom is -0.481 e. The first-order valence-corrected chi connectivity index (χ1v) is 12.9. The molecule has 4 aliphatic rings. The van der Waals surface area contributed by atoms with Crippen molar-refractivity contribution in [3.05, 3.63) is 10.6 Å². The number of nitrogens with zero attached hydrogens (tertiary/aromatic N) is 2. The Bertz CT molecular complexity index is 977. The summed E-state index contributed by atoms with van der Waals surface area (Å²) in [5.41, 5.74) is 0.00861. The molecule has 192 valence electrons. The quantitative estimate of drug-likeness (QED) is 0.350. The zero-order valence-corrected chi connectivity index (χ0v) is 20.8. The molecule has 6 atom stereocenters. The summed E-state index contributed by atoms with van der Waals surface area (Å²) < 4.78 is 0. The number of nitrogens with one attached hydrogen (secondary N) is 2. The molecule has 0 aromatic carbocycles. The molecule has 35 heavy (non-hydrogen) atoms. The van der Waals surface area contributed by atoms with E-state index in [2.05, 4.69) is 10.6 Å². The lowest BCUT2D eigenvalue weighted by Gasteiger charge is -2.47. The van der Waals surface area contributed by atoms with Crippen LogP contribution in [0.3, 0.4) is 0 Å². The number of carboxylic acid groups (broad SMARTS) is 2. The maximum absolute atomic E-state index is 13.0. The summed E-state index contributed by atoms with van der Waals surface area (Å²) in [6.07, 6.45) is 1.42. The predicted molar refractivity (Wildman–Crippen MR) is 126 cm³/mol. The highest BCUT2D eigenvalue weighted by Gasteiger charge is 2.60. The van der Waals surface area contributed by atoms with Crippen molar-refractivity contribution in [2.45, 2.75) is 63.4 Å². The van der Waals surface area contributed by atoms with Gasteiger partial charge in [0.25, 0.3) is 0 Å². The largest absolute Gasteiger partial charge is 0.481 e. The molecule has 0 unspecified atom stereocenters. The number of carbonyl (C=O) groups excluding carboxylic acids is 3. The number of thioether (sulfide) groups is 1. The zero-order valence-electron chi connectivity index (χ0n) is 20.0. The standard InChI is InChI=1S/C23H32N4O7S/c1-10-17-16(11(2)25-12(3)28)21(30)27(17)18(23(33)34)19(10)35-14-8-15(24-9-14)20(29)26-6-4-13(5-7-26)22(31)32/h10-11,13-17,24H,4-9H2,1-3H3,(H,25,28)(H,31,32)(H,33,34)/t10-,11-,14+,15+,16-,17-/m1/s1. The first kappa shape index (κ1) is 25.5. The number of fused-ring (bicyclic) bond motifs is 1. The number of amides is 3. The van der Waals surface area contributed by atoms with Gasteiger partial charge in [-0.25, -0.2) is 4.79 Å². The van der Waals surface area contributed by atoms with Crippen LogP contribution < -0.4 is 10.6 Å². The molecule has 4 heterocycles. The van der Waals surface area contributed by atoms with Crippen LogP contribution in [0.5, 0.6) is 0 Å². The van der Waals surface area contributed by atoms with Gasteiger partial charge in [-0.05, 0) is 26.2 Å². The van der Waals surface area contributed by atoms with Crippen molar-refractivity contribution in [1.82, 2.24) is 20.4 Å². The van der Waals surface area contributed by atoms with Crippen LogP contribution >= 0.6 is 11.8 Å². The highest BCUT2D eigenvalue weighted by molar-refractivity contribution is 8.03. The third-order valence-corrected chi connectivity index (χ3v) is 9.11. The molecule has 3 saturated heterocycles. The molecule has 4 N–H and O–H groups in total. The van der Waals surface area contributed by atoms with E-state index in [1.165, 1.54) is 23.6 Å². The second-order valence-corrected chi connectivity index (χ2v) is 11.2. The van der Waals surface area contributed by atoms with Gasteiger partial charge >= 0.3 is 11.9 Å². The monoisotopic (exact) mass is 508 g/mol. The third kappa shape index (κ3) is 4.65. The molecular weight excluding hydrogens is 476 g/mol. The highest BCUT2D eigenvalue weighted by atomic mass is 32.2. The molecule has 0 spiro atoms. The van der Waals surface area contributed by atoms with E-state index in [9.17, 15) is 29.1 Å². The number of likely N-dealkylation sites (tertiary alicyclic amines) is 1. The Balaban J connectivity index is 1.40. The van der Waals surface area contributed by atoms with Crippen LogP contribution in [-0.2, 0) is 24.0 Å². The van der Waals surface area contributed by atoms with E-state index < -0.39 is 35.9 Å². The zero-order chi connectivity index (χ0) is 25.6. The second kappa shape index (κ2) is 9.81. The Morgan fingerprint density at radius 2 is 1.83 bits per heavy atom. The molecular formula is C23H32N4O7S. The predicted octanol–water partition coefficient (Wildman–Crippen LogP) is 0.0708. The maximum Gasteiger partial charge on any atom is 0.353 e. The minimum atomic E-state index is -1.15. The molecule has 4 aliphatic heterocycles. The molecule has 12 heteroatoms. The van der Waals surface area contributed by atoms with Gasteiger partial charge in [0.15, 0.2) is 0 Å². The van der Waals surface area contributed by atoms with Crippen LogP contribution in [0.4, 0.5) is 0 Å². The summed E-state index contributed by atoms with van der Waals surface area (Å²) in [6, 6.07) is -1.12. The first-order chi connectivity index (χ1) is 16.5. The normalized spacial score (nSPS) is 31.7.